The number of benzene rings is 1. The van der Waals surface area contributed by atoms with Crippen LogP contribution in [0.4, 0.5) is 0 Å². The Labute approximate surface area is 98.0 Å². The molecule has 0 saturated carbocycles. The molecule has 0 aliphatic rings. The van der Waals surface area contributed by atoms with Gasteiger partial charge in [-0.05, 0) is 49.6 Å². The first-order chi connectivity index (χ1) is 7.69. The molecule has 1 rings (SSSR count). The Morgan fingerprint density at radius 1 is 1.19 bits per heavy atom. The van der Waals surface area contributed by atoms with Crippen molar-refractivity contribution in [2.45, 2.75) is 20.3 Å². The van der Waals surface area contributed by atoms with Crippen molar-refractivity contribution in [3.05, 3.63) is 28.8 Å². The zero-order valence-electron chi connectivity index (χ0n) is 10.5. The zero-order chi connectivity index (χ0) is 12.0. The molecule has 0 heterocycles. The fourth-order valence-corrected chi connectivity index (χ4v) is 1.79. The zero-order valence-corrected chi connectivity index (χ0v) is 10.5. The molecule has 3 heteroatoms. The summed E-state index contributed by atoms with van der Waals surface area (Å²) in [4.78, 5) is 0. The molecule has 0 aromatic heterocycles. The lowest BCUT2D eigenvalue weighted by Crippen LogP contribution is -2.24. The van der Waals surface area contributed by atoms with Gasteiger partial charge in [0.25, 0.3) is 0 Å². The third-order valence-corrected chi connectivity index (χ3v) is 2.75. The summed E-state index contributed by atoms with van der Waals surface area (Å²) in [7, 11) is 1.71. The first-order valence-electron chi connectivity index (χ1n) is 5.74. The molecule has 0 bridgehead atoms. The van der Waals surface area contributed by atoms with E-state index in [0.29, 0.717) is 6.54 Å². The molecule has 90 valence electrons. The Hall–Kier alpha value is -1.06. The highest BCUT2D eigenvalue weighted by Crippen LogP contribution is 2.22. The molecule has 0 amide bonds. The van der Waals surface area contributed by atoms with Crippen molar-refractivity contribution in [1.29, 1.82) is 0 Å². The van der Waals surface area contributed by atoms with Gasteiger partial charge in [0.1, 0.15) is 5.75 Å². The van der Waals surface area contributed by atoms with Gasteiger partial charge in [-0.25, -0.2) is 0 Å². The minimum atomic E-state index is 0.695. The van der Waals surface area contributed by atoms with E-state index in [4.69, 9.17) is 10.5 Å². The highest BCUT2D eigenvalue weighted by molar-refractivity contribution is 5.41. The molecule has 0 fully saturated rings. The van der Waals surface area contributed by atoms with Gasteiger partial charge in [0, 0.05) is 13.1 Å². The number of ether oxygens (including phenoxy) is 1. The number of methoxy groups -OCH3 is 1. The van der Waals surface area contributed by atoms with Crippen LogP contribution >= 0.6 is 0 Å². The van der Waals surface area contributed by atoms with Crippen molar-refractivity contribution in [2.75, 3.05) is 26.7 Å². The molecule has 0 saturated heterocycles. The molecular weight excluding hydrogens is 200 g/mol. The van der Waals surface area contributed by atoms with Crippen LogP contribution in [0.1, 0.15) is 16.7 Å². The molecule has 0 spiro atoms. The Balaban J connectivity index is 2.63. The van der Waals surface area contributed by atoms with Gasteiger partial charge in [-0.3, -0.25) is 0 Å². The Morgan fingerprint density at radius 2 is 1.94 bits per heavy atom. The van der Waals surface area contributed by atoms with E-state index in [1.54, 1.807) is 7.11 Å². The second-order valence-corrected chi connectivity index (χ2v) is 4.04. The molecule has 1 aromatic carbocycles. The van der Waals surface area contributed by atoms with Gasteiger partial charge in [-0.2, -0.15) is 0 Å². The summed E-state index contributed by atoms with van der Waals surface area (Å²) in [6.07, 6.45) is 1.04. The molecule has 0 unspecified atom stereocenters. The first kappa shape index (κ1) is 13.0. The minimum Gasteiger partial charge on any atom is -0.496 e. The van der Waals surface area contributed by atoms with Crippen molar-refractivity contribution < 1.29 is 4.74 Å². The van der Waals surface area contributed by atoms with E-state index in [1.165, 1.54) is 16.7 Å². The standard InChI is InChI=1S/C13H22N2O/c1-10-9-13(16-3)11(2)8-12(10)4-6-15-7-5-14/h8-9,15H,4-7,14H2,1-3H3. The summed E-state index contributed by atoms with van der Waals surface area (Å²) < 4.78 is 5.29. The predicted octanol–water partition coefficient (Wildman–Crippen LogP) is 1.40. The maximum Gasteiger partial charge on any atom is 0.122 e. The quantitative estimate of drug-likeness (QED) is 0.715. The predicted molar refractivity (Wildman–Crippen MR) is 68.1 cm³/mol. The summed E-state index contributed by atoms with van der Waals surface area (Å²) in [5, 5.41) is 3.30. The number of hydrogen-bond donors (Lipinski definition) is 2. The van der Waals surface area contributed by atoms with Crippen molar-refractivity contribution >= 4 is 0 Å². The van der Waals surface area contributed by atoms with Gasteiger partial charge in [0.2, 0.25) is 0 Å². The molecule has 0 aliphatic heterocycles. The average Bonchev–Trinajstić information content (AvgIpc) is 2.28. The summed E-state index contributed by atoms with van der Waals surface area (Å²) >= 11 is 0. The summed E-state index contributed by atoms with van der Waals surface area (Å²) in [5.41, 5.74) is 9.28. The smallest absolute Gasteiger partial charge is 0.122 e. The topological polar surface area (TPSA) is 47.3 Å². The van der Waals surface area contributed by atoms with E-state index < -0.39 is 0 Å². The van der Waals surface area contributed by atoms with Crippen LogP contribution < -0.4 is 15.8 Å². The van der Waals surface area contributed by atoms with Crippen molar-refractivity contribution in [3.8, 4) is 5.75 Å². The van der Waals surface area contributed by atoms with E-state index >= 15 is 0 Å². The van der Waals surface area contributed by atoms with Crippen LogP contribution in [0.5, 0.6) is 5.75 Å². The van der Waals surface area contributed by atoms with Gasteiger partial charge < -0.3 is 15.8 Å². The molecule has 1 aromatic rings. The SMILES string of the molecule is COc1cc(C)c(CCNCCN)cc1C. The lowest BCUT2D eigenvalue weighted by Gasteiger charge is -2.11. The van der Waals surface area contributed by atoms with Crippen LogP contribution in [0.15, 0.2) is 12.1 Å². The van der Waals surface area contributed by atoms with Gasteiger partial charge >= 0.3 is 0 Å². The summed E-state index contributed by atoms with van der Waals surface area (Å²) in [5.74, 6) is 0.969. The van der Waals surface area contributed by atoms with Crippen molar-refractivity contribution in [3.63, 3.8) is 0 Å². The molecule has 0 atom stereocenters. The third-order valence-electron chi connectivity index (χ3n) is 2.75. The second kappa shape index (κ2) is 6.51. The number of aryl methyl sites for hydroxylation is 2. The number of nitrogens with two attached hydrogens (primary N) is 1. The van der Waals surface area contributed by atoms with Crippen molar-refractivity contribution in [1.82, 2.24) is 5.32 Å². The average molecular weight is 222 g/mol. The van der Waals surface area contributed by atoms with E-state index in [1.807, 2.05) is 0 Å². The summed E-state index contributed by atoms with van der Waals surface area (Å²) in [6.45, 7) is 6.76. The van der Waals surface area contributed by atoms with Crippen LogP contribution in [-0.4, -0.2) is 26.7 Å². The van der Waals surface area contributed by atoms with Crippen LogP contribution in [-0.2, 0) is 6.42 Å². The van der Waals surface area contributed by atoms with E-state index in [-0.39, 0.29) is 0 Å². The number of rotatable bonds is 6. The molecule has 3 nitrogen and oxygen atoms in total. The van der Waals surface area contributed by atoms with Crippen LogP contribution in [0, 0.1) is 13.8 Å². The number of nitrogens with one attached hydrogen (secondary N) is 1. The van der Waals surface area contributed by atoms with E-state index in [2.05, 4.69) is 31.3 Å². The second-order valence-electron chi connectivity index (χ2n) is 4.04. The minimum absolute atomic E-state index is 0.695. The van der Waals surface area contributed by atoms with E-state index in [0.717, 1.165) is 25.3 Å². The van der Waals surface area contributed by atoms with Gasteiger partial charge in [-0.1, -0.05) is 6.07 Å². The Kier molecular flexibility index (Phi) is 5.29. The van der Waals surface area contributed by atoms with Crippen molar-refractivity contribution in [2.24, 2.45) is 5.73 Å². The lowest BCUT2D eigenvalue weighted by atomic mass is 10.0. The highest BCUT2D eigenvalue weighted by atomic mass is 16.5. The van der Waals surface area contributed by atoms with Crippen LogP contribution in [0.3, 0.4) is 0 Å². The molecule has 0 aliphatic carbocycles. The molecule has 16 heavy (non-hydrogen) atoms. The maximum absolute atomic E-state index is 5.42. The van der Waals surface area contributed by atoms with E-state index in [9.17, 15) is 0 Å². The fraction of sp³-hybridized carbons (Fsp3) is 0.538. The lowest BCUT2D eigenvalue weighted by molar-refractivity contribution is 0.411. The van der Waals surface area contributed by atoms with Gasteiger partial charge in [0.15, 0.2) is 0 Å². The van der Waals surface area contributed by atoms with Gasteiger partial charge in [0.05, 0.1) is 7.11 Å². The van der Waals surface area contributed by atoms with Gasteiger partial charge in [-0.15, -0.1) is 0 Å². The Morgan fingerprint density at radius 3 is 2.56 bits per heavy atom. The largest absolute Gasteiger partial charge is 0.496 e. The normalized spacial score (nSPS) is 10.5. The monoisotopic (exact) mass is 222 g/mol. The maximum atomic E-state index is 5.42. The summed E-state index contributed by atoms with van der Waals surface area (Å²) in [6, 6.07) is 4.31. The van der Waals surface area contributed by atoms with Crippen LogP contribution in [0.25, 0.3) is 0 Å². The number of hydrogen-bond acceptors (Lipinski definition) is 3. The molecular formula is C13H22N2O. The first-order valence-corrected chi connectivity index (χ1v) is 5.74. The highest BCUT2D eigenvalue weighted by Gasteiger charge is 2.04. The fourth-order valence-electron chi connectivity index (χ4n) is 1.79. The molecule has 3 N–H and O–H groups in total. The Bertz CT molecular complexity index is 337. The third kappa shape index (κ3) is 3.51. The molecule has 0 radical (unpaired) electrons. The van der Waals surface area contributed by atoms with Crippen LogP contribution in [0.2, 0.25) is 0 Å².